The first-order valence-corrected chi connectivity index (χ1v) is 10.4. The molecule has 0 radical (unpaired) electrons. The van der Waals surface area contributed by atoms with Crippen LogP contribution in [0.5, 0.6) is 11.6 Å². The van der Waals surface area contributed by atoms with Crippen molar-refractivity contribution in [1.29, 1.82) is 0 Å². The number of piperidine rings is 1. The fraction of sp³-hybridized carbons (Fsp3) is 0.304. The van der Waals surface area contributed by atoms with Crippen molar-refractivity contribution in [3.05, 3.63) is 54.9 Å². The average molecular weight is 434 g/mol. The lowest BCUT2D eigenvalue weighted by Gasteiger charge is -2.38. The average Bonchev–Trinajstić information content (AvgIpc) is 3.24. The Hall–Kier alpha value is -3.59. The molecule has 1 aromatic carbocycles. The lowest BCUT2D eigenvalue weighted by Crippen LogP contribution is -2.56. The van der Waals surface area contributed by atoms with Gasteiger partial charge < -0.3 is 20.1 Å². The van der Waals surface area contributed by atoms with Crippen LogP contribution in [0.15, 0.2) is 54.9 Å². The molecule has 1 fully saturated rings. The molecule has 4 atom stereocenters. The molecule has 4 heterocycles. The molecule has 164 valence electrons. The van der Waals surface area contributed by atoms with Gasteiger partial charge in [-0.25, -0.2) is 14.4 Å². The molecule has 2 aliphatic rings. The van der Waals surface area contributed by atoms with Gasteiger partial charge in [0.15, 0.2) is 11.6 Å². The van der Waals surface area contributed by atoms with Crippen molar-refractivity contribution >= 4 is 5.82 Å². The van der Waals surface area contributed by atoms with Gasteiger partial charge in [0.2, 0.25) is 5.88 Å². The van der Waals surface area contributed by atoms with Gasteiger partial charge in [0, 0.05) is 25.4 Å². The molecule has 0 saturated carbocycles. The van der Waals surface area contributed by atoms with E-state index in [2.05, 4.69) is 25.5 Å². The molecular formula is C23H23FN6O2. The number of phenolic OH excluding ortho intramolecular Hbond substituents is 1. The smallest absolute Gasteiger partial charge is 0.213 e. The van der Waals surface area contributed by atoms with Gasteiger partial charge in [-0.3, -0.25) is 0 Å². The Morgan fingerprint density at radius 2 is 1.97 bits per heavy atom. The molecule has 0 unspecified atom stereocenters. The van der Waals surface area contributed by atoms with Gasteiger partial charge in [0.05, 0.1) is 31.0 Å². The SMILES string of the molecule is COc1cc(-c2ccc(-c3ncc(N(C)[C@@H]4C[C@H]5C=C[C@H](N5)[C@@H]4F)nn3)c(O)c2)ccn1. The third-order valence-corrected chi connectivity index (χ3v) is 6.09. The number of phenols is 1. The van der Waals surface area contributed by atoms with Crippen molar-refractivity contribution in [2.75, 3.05) is 19.1 Å². The Morgan fingerprint density at radius 3 is 2.72 bits per heavy atom. The molecular weight excluding hydrogens is 411 g/mol. The number of rotatable bonds is 5. The molecule has 32 heavy (non-hydrogen) atoms. The molecule has 2 aromatic heterocycles. The number of halogens is 1. The molecule has 9 heteroatoms. The predicted octanol–water partition coefficient (Wildman–Crippen LogP) is 2.76. The highest BCUT2D eigenvalue weighted by Crippen LogP contribution is 2.33. The number of aromatic nitrogens is 4. The Kier molecular flexibility index (Phi) is 5.18. The first kappa shape index (κ1) is 20.3. The molecule has 5 rings (SSSR count). The van der Waals surface area contributed by atoms with Crippen LogP contribution in [-0.2, 0) is 0 Å². The minimum atomic E-state index is -1.04. The van der Waals surface area contributed by atoms with Gasteiger partial charge in [0.1, 0.15) is 11.9 Å². The molecule has 0 amide bonds. The summed E-state index contributed by atoms with van der Waals surface area (Å²) in [7, 11) is 3.36. The van der Waals surface area contributed by atoms with Crippen molar-refractivity contribution in [3.8, 4) is 34.1 Å². The van der Waals surface area contributed by atoms with E-state index in [1.807, 2.05) is 31.3 Å². The Balaban J connectivity index is 1.36. The summed E-state index contributed by atoms with van der Waals surface area (Å²) in [5, 5.41) is 22.3. The fourth-order valence-electron chi connectivity index (χ4n) is 4.28. The van der Waals surface area contributed by atoms with Crippen molar-refractivity contribution in [2.45, 2.75) is 30.7 Å². The van der Waals surface area contributed by atoms with E-state index in [4.69, 9.17) is 4.74 Å². The van der Waals surface area contributed by atoms with Crippen LogP contribution in [0, 0.1) is 0 Å². The number of hydrogen-bond donors (Lipinski definition) is 2. The number of pyridine rings is 1. The highest BCUT2D eigenvalue weighted by molar-refractivity contribution is 5.73. The van der Waals surface area contributed by atoms with Crippen LogP contribution in [0.25, 0.3) is 22.5 Å². The van der Waals surface area contributed by atoms with Crippen LogP contribution >= 0.6 is 0 Å². The second kappa shape index (κ2) is 8.16. The lowest BCUT2D eigenvalue weighted by atomic mass is 9.96. The maximum atomic E-state index is 14.8. The van der Waals surface area contributed by atoms with E-state index in [9.17, 15) is 9.50 Å². The van der Waals surface area contributed by atoms with Crippen molar-refractivity contribution in [2.24, 2.45) is 0 Å². The molecule has 2 bridgehead atoms. The lowest BCUT2D eigenvalue weighted by molar-refractivity contribution is 0.187. The van der Waals surface area contributed by atoms with E-state index in [1.165, 1.54) is 0 Å². The maximum Gasteiger partial charge on any atom is 0.213 e. The maximum absolute atomic E-state index is 14.8. The summed E-state index contributed by atoms with van der Waals surface area (Å²) in [4.78, 5) is 10.3. The number of hydrogen-bond acceptors (Lipinski definition) is 8. The number of alkyl halides is 1. The Morgan fingerprint density at radius 1 is 1.12 bits per heavy atom. The van der Waals surface area contributed by atoms with Crippen LogP contribution in [0.1, 0.15) is 6.42 Å². The predicted molar refractivity (Wildman–Crippen MR) is 118 cm³/mol. The Bertz CT molecular complexity index is 1160. The van der Waals surface area contributed by atoms with Gasteiger partial charge in [-0.2, -0.15) is 0 Å². The summed E-state index contributed by atoms with van der Waals surface area (Å²) < 4.78 is 20.0. The quantitative estimate of drug-likeness (QED) is 0.592. The van der Waals surface area contributed by atoms with E-state index >= 15 is 0 Å². The van der Waals surface area contributed by atoms with E-state index in [1.54, 1.807) is 42.6 Å². The normalized spacial score (nSPS) is 23.8. The third kappa shape index (κ3) is 3.64. The number of benzene rings is 1. The van der Waals surface area contributed by atoms with Crippen LogP contribution < -0.4 is 15.0 Å². The summed E-state index contributed by atoms with van der Waals surface area (Å²) in [5.41, 5.74) is 2.13. The number of nitrogens with zero attached hydrogens (tertiary/aromatic N) is 5. The number of aromatic hydroxyl groups is 1. The number of anilines is 1. The minimum absolute atomic E-state index is 0.0333. The molecule has 2 N–H and O–H groups in total. The summed E-state index contributed by atoms with van der Waals surface area (Å²) in [6.07, 6.45) is 6.73. The monoisotopic (exact) mass is 434 g/mol. The fourth-order valence-corrected chi connectivity index (χ4v) is 4.28. The zero-order valence-electron chi connectivity index (χ0n) is 17.7. The topological polar surface area (TPSA) is 96.3 Å². The molecule has 0 spiro atoms. The second-order valence-electron chi connectivity index (χ2n) is 8.00. The van der Waals surface area contributed by atoms with Crippen LogP contribution in [0.2, 0.25) is 0 Å². The van der Waals surface area contributed by atoms with Crippen LogP contribution in [0.3, 0.4) is 0 Å². The van der Waals surface area contributed by atoms with E-state index < -0.39 is 6.17 Å². The van der Waals surface area contributed by atoms with Crippen LogP contribution in [-0.4, -0.2) is 63.7 Å². The largest absolute Gasteiger partial charge is 0.507 e. The van der Waals surface area contributed by atoms with Gasteiger partial charge in [-0.05, 0) is 35.7 Å². The molecule has 8 nitrogen and oxygen atoms in total. The zero-order chi connectivity index (χ0) is 22.2. The molecule has 2 aliphatic heterocycles. The zero-order valence-corrected chi connectivity index (χ0v) is 17.7. The van der Waals surface area contributed by atoms with Crippen molar-refractivity contribution in [1.82, 2.24) is 25.5 Å². The first-order chi connectivity index (χ1) is 15.5. The summed E-state index contributed by atoms with van der Waals surface area (Å²) in [5.74, 6) is 1.31. The van der Waals surface area contributed by atoms with Gasteiger partial charge in [-0.1, -0.05) is 18.2 Å². The summed E-state index contributed by atoms with van der Waals surface area (Å²) in [6.45, 7) is 0. The number of fused-ring (bicyclic) bond motifs is 2. The minimum Gasteiger partial charge on any atom is -0.507 e. The first-order valence-electron chi connectivity index (χ1n) is 10.4. The van der Waals surface area contributed by atoms with Gasteiger partial charge in [-0.15, -0.1) is 10.2 Å². The molecule has 3 aromatic rings. The number of nitrogens with one attached hydrogen (secondary N) is 1. The standard InChI is InChI=1S/C23H23FN6O2/c1-30(18-11-15-4-6-17(27-15)22(18)24)20-12-26-23(29-28-20)16-5-3-13(9-19(16)31)14-7-8-25-21(10-14)32-2/h3-10,12,15,17-18,22,27,31H,11H2,1-2H3/t15-,17+,18-,22+/m1/s1. The molecule has 1 saturated heterocycles. The second-order valence-corrected chi connectivity index (χ2v) is 8.00. The number of ether oxygens (including phenoxy) is 1. The highest BCUT2D eigenvalue weighted by Gasteiger charge is 2.41. The summed E-state index contributed by atoms with van der Waals surface area (Å²) >= 11 is 0. The van der Waals surface area contributed by atoms with E-state index in [-0.39, 0.29) is 23.9 Å². The van der Waals surface area contributed by atoms with E-state index in [0.29, 0.717) is 29.5 Å². The van der Waals surface area contributed by atoms with Gasteiger partial charge >= 0.3 is 0 Å². The van der Waals surface area contributed by atoms with Crippen molar-refractivity contribution in [3.63, 3.8) is 0 Å². The van der Waals surface area contributed by atoms with Crippen molar-refractivity contribution < 1.29 is 14.2 Å². The molecule has 0 aliphatic carbocycles. The highest BCUT2D eigenvalue weighted by atomic mass is 19.1. The van der Waals surface area contributed by atoms with Crippen LogP contribution in [0.4, 0.5) is 10.2 Å². The third-order valence-electron chi connectivity index (χ3n) is 6.09. The van der Waals surface area contributed by atoms with E-state index in [0.717, 1.165) is 11.1 Å². The van der Waals surface area contributed by atoms with Gasteiger partial charge in [0.25, 0.3) is 0 Å². The Labute approximate surface area is 184 Å². The number of methoxy groups -OCH3 is 1. The summed E-state index contributed by atoms with van der Waals surface area (Å²) in [6, 6.07) is 8.46.